The minimum atomic E-state index is 0.541. The lowest BCUT2D eigenvalue weighted by molar-refractivity contribution is 0.146. The molecule has 3 nitrogen and oxygen atoms in total. The largest absolute Gasteiger partial charge is 0.491 e. The quantitative estimate of drug-likeness (QED) is 0.633. The van der Waals surface area contributed by atoms with Crippen molar-refractivity contribution >= 4 is 31.9 Å². The van der Waals surface area contributed by atoms with Crippen LogP contribution < -0.4 is 4.74 Å². The first-order chi connectivity index (χ1) is 6.22. The van der Waals surface area contributed by atoms with E-state index >= 15 is 0 Å². The maximum atomic E-state index is 5.38. The van der Waals surface area contributed by atoms with Gasteiger partial charge in [-0.15, -0.1) is 0 Å². The fraction of sp³-hybridized carbons (Fsp3) is 0.375. The Hall–Kier alpha value is -0.130. The summed E-state index contributed by atoms with van der Waals surface area (Å²) < 4.78 is 11.7. The second kappa shape index (κ2) is 5.57. The first kappa shape index (κ1) is 10.9. The van der Waals surface area contributed by atoms with Crippen molar-refractivity contribution < 1.29 is 9.47 Å². The van der Waals surface area contributed by atoms with E-state index in [0.717, 1.165) is 15.0 Å². The van der Waals surface area contributed by atoms with Crippen LogP contribution in [-0.4, -0.2) is 25.3 Å². The van der Waals surface area contributed by atoms with Gasteiger partial charge in [0.05, 0.1) is 6.61 Å². The third-order valence-corrected chi connectivity index (χ3v) is 2.11. The van der Waals surface area contributed by atoms with Gasteiger partial charge in [-0.1, -0.05) is 0 Å². The van der Waals surface area contributed by atoms with Crippen LogP contribution in [0.1, 0.15) is 0 Å². The molecule has 1 heterocycles. The SMILES string of the molecule is COCCOc1cc(Br)nc(Br)c1. The summed E-state index contributed by atoms with van der Waals surface area (Å²) in [4.78, 5) is 4.08. The molecule has 0 unspecified atom stereocenters. The number of pyridine rings is 1. The standard InChI is InChI=1S/C8H9Br2NO2/c1-12-2-3-13-6-4-7(9)11-8(10)5-6/h4-5H,2-3H2,1H3. The number of hydrogen-bond donors (Lipinski definition) is 0. The van der Waals surface area contributed by atoms with Gasteiger partial charge in [-0.2, -0.15) is 0 Å². The maximum Gasteiger partial charge on any atom is 0.124 e. The fourth-order valence-electron chi connectivity index (χ4n) is 0.769. The summed E-state index contributed by atoms with van der Waals surface area (Å²) in [6.45, 7) is 1.12. The summed E-state index contributed by atoms with van der Waals surface area (Å²) in [5.41, 5.74) is 0. The number of methoxy groups -OCH3 is 1. The lowest BCUT2D eigenvalue weighted by atomic mass is 10.4. The van der Waals surface area contributed by atoms with E-state index in [-0.39, 0.29) is 0 Å². The third kappa shape index (κ3) is 4.06. The summed E-state index contributed by atoms with van der Waals surface area (Å²) in [6, 6.07) is 3.61. The highest BCUT2D eigenvalue weighted by Gasteiger charge is 1.98. The van der Waals surface area contributed by atoms with Crippen LogP contribution in [0, 0.1) is 0 Å². The van der Waals surface area contributed by atoms with E-state index in [1.807, 2.05) is 0 Å². The zero-order valence-electron chi connectivity index (χ0n) is 7.09. The molecule has 1 aromatic rings. The number of rotatable bonds is 4. The Bertz CT molecular complexity index is 261. The van der Waals surface area contributed by atoms with E-state index in [0.29, 0.717) is 13.2 Å². The van der Waals surface area contributed by atoms with Crippen LogP contribution in [0.4, 0.5) is 0 Å². The summed E-state index contributed by atoms with van der Waals surface area (Å²) in [7, 11) is 1.64. The number of ether oxygens (including phenoxy) is 2. The Labute approximate surface area is 93.7 Å². The first-order valence-electron chi connectivity index (χ1n) is 3.67. The van der Waals surface area contributed by atoms with E-state index in [1.165, 1.54) is 0 Å². The normalized spacial score (nSPS) is 10.1. The van der Waals surface area contributed by atoms with E-state index < -0.39 is 0 Å². The zero-order valence-corrected chi connectivity index (χ0v) is 10.3. The van der Waals surface area contributed by atoms with Crippen molar-refractivity contribution in [2.24, 2.45) is 0 Å². The Morgan fingerprint density at radius 1 is 1.23 bits per heavy atom. The van der Waals surface area contributed by atoms with Crippen LogP contribution in [0.3, 0.4) is 0 Å². The molecule has 0 aliphatic carbocycles. The van der Waals surface area contributed by atoms with Gasteiger partial charge in [-0.25, -0.2) is 4.98 Å². The van der Waals surface area contributed by atoms with Crippen LogP contribution in [0.25, 0.3) is 0 Å². The average molecular weight is 311 g/mol. The molecule has 13 heavy (non-hydrogen) atoms. The Kier molecular flexibility index (Phi) is 4.69. The molecule has 1 rings (SSSR count). The van der Waals surface area contributed by atoms with Gasteiger partial charge in [0, 0.05) is 19.2 Å². The predicted octanol–water partition coefficient (Wildman–Crippen LogP) is 2.63. The topological polar surface area (TPSA) is 31.4 Å². The summed E-state index contributed by atoms with van der Waals surface area (Å²) in [5, 5.41) is 0. The van der Waals surface area contributed by atoms with E-state index in [9.17, 15) is 0 Å². The van der Waals surface area contributed by atoms with Crippen molar-refractivity contribution in [2.45, 2.75) is 0 Å². The van der Waals surface area contributed by atoms with Crippen LogP contribution in [0.15, 0.2) is 21.3 Å². The van der Waals surface area contributed by atoms with Gasteiger partial charge in [0.25, 0.3) is 0 Å². The average Bonchev–Trinajstić information content (AvgIpc) is 2.03. The van der Waals surface area contributed by atoms with Crippen molar-refractivity contribution in [3.8, 4) is 5.75 Å². The number of hydrogen-bond acceptors (Lipinski definition) is 3. The zero-order chi connectivity index (χ0) is 9.68. The molecule has 0 fully saturated rings. The van der Waals surface area contributed by atoms with Crippen molar-refractivity contribution in [3.05, 3.63) is 21.3 Å². The lowest BCUT2D eigenvalue weighted by Gasteiger charge is -2.05. The first-order valence-corrected chi connectivity index (χ1v) is 5.26. The minimum absolute atomic E-state index is 0.541. The van der Waals surface area contributed by atoms with Gasteiger partial charge >= 0.3 is 0 Å². The van der Waals surface area contributed by atoms with Gasteiger partial charge in [0.15, 0.2) is 0 Å². The second-order valence-corrected chi connectivity index (χ2v) is 3.91. The smallest absolute Gasteiger partial charge is 0.124 e. The predicted molar refractivity (Wildman–Crippen MR) is 57.0 cm³/mol. The molecule has 0 bridgehead atoms. The highest BCUT2D eigenvalue weighted by Crippen LogP contribution is 2.21. The fourth-order valence-corrected chi connectivity index (χ4v) is 1.84. The van der Waals surface area contributed by atoms with Gasteiger partial charge in [0.2, 0.25) is 0 Å². The minimum Gasteiger partial charge on any atom is -0.491 e. The molecule has 72 valence electrons. The van der Waals surface area contributed by atoms with Crippen molar-refractivity contribution in [1.82, 2.24) is 4.98 Å². The van der Waals surface area contributed by atoms with Gasteiger partial charge in [-0.3, -0.25) is 0 Å². The molecular formula is C8H9Br2NO2. The molecule has 0 saturated heterocycles. The van der Waals surface area contributed by atoms with E-state index in [2.05, 4.69) is 36.8 Å². The van der Waals surface area contributed by atoms with Crippen molar-refractivity contribution in [3.63, 3.8) is 0 Å². The molecule has 0 radical (unpaired) electrons. The van der Waals surface area contributed by atoms with E-state index in [1.54, 1.807) is 19.2 Å². The van der Waals surface area contributed by atoms with Crippen LogP contribution in [0.2, 0.25) is 0 Å². The molecule has 0 N–H and O–H groups in total. The van der Waals surface area contributed by atoms with Crippen LogP contribution in [-0.2, 0) is 4.74 Å². The molecule has 0 aromatic carbocycles. The van der Waals surface area contributed by atoms with Crippen LogP contribution >= 0.6 is 31.9 Å². The monoisotopic (exact) mass is 309 g/mol. The van der Waals surface area contributed by atoms with E-state index in [4.69, 9.17) is 9.47 Å². The summed E-state index contributed by atoms with van der Waals surface area (Å²) >= 11 is 6.54. The maximum absolute atomic E-state index is 5.38. The Morgan fingerprint density at radius 2 is 1.85 bits per heavy atom. The molecule has 0 spiro atoms. The molecule has 5 heteroatoms. The Balaban J connectivity index is 2.56. The molecule has 0 aliphatic heterocycles. The molecule has 0 aliphatic rings. The Morgan fingerprint density at radius 3 is 2.38 bits per heavy atom. The van der Waals surface area contributed by atoms with Crippen molar-refractivity contribution in [1.29, 1.82) is 0 Å². The molecule has 1 aromatic heterocycles. The van der Waals surface area contributed by atoms with Crippen LogP contribution in [0.5, 0.6) is 5.75 Å². The third-order valence-electron chi connectivity index (χ3n) is 1.29. The number of nitrogens with zero attached hydrogens (tertiary/aromatic N) is 1. The van der Waals surface area contributed by atoms with Gasteiger partial charge < -0.3 is 9.47 Å². The number of aromatic nitrogens is 1. The van der Waals surface area contributed by atoms with Gasteiger partial charge in [0.1, 0.15) is 21.6 Å². The summed E-state index contributed by atoms with van der Waals surface area (Å²) in [5.74, 6) is 0.769. The highest BCUT2D eigenvalue weighted by atomic mass is 79.9. The van der Waals surface area contributed by atoms with Gasteiger partial charge in [-0.05, 0) is 31.9 Å². The molecular weight excluding hydrogens is 302 g/mol. The molecule has 0 amide bonds. The number of halogens is 2. The highest BCUT2D eigenvalue weighted by molar-refractivity contribution is 9.11. The molecule has 0 saturated carbocycles. The lowest BCUT2D eigenvalue weighted by Crippen LogP contribution is -2.04. The van der Waals surface area contributed by atoms with Crippen molar-refractivity contribution in [2.75, 3.05) is 20.3 Å². The second-order valence-electron chi connectivity index (χ2n) is 2.29. The summed E-state index contributed by atoms with van der Waals surface area (Å²) in [6.07, 6.45) is 0. The molecule has 0 atom stereocenters.